The minimum absolute atomic E-state index is 0.0442. The van der Waals surface area contributed by atoms with E-state index >= 15 is 0 Å². The van der Waals surface area contributed by atoms with Crippen LogP contribution < -0.4 is 15.5 Å². The molecule has 3 heterocycles. The van der Waals surface area contributed by atoms with Crippen LogP contribution >= 0.6 is 0 Å². The number of aromatic nitrogens is 2. The van der Waals surface area contributed by atoms with Gasteiger partial charge in [0.05, 0.1) is 18.0 Å². The van der Waals surface area contributed by atoms with E-state index in [1.54, 1.807) is 0 Å². The first kappa shape index (κ1) is 22.2. The summed E-state index contributed by atoms with van der Waals surface area (Å²) in [7, 11) is 1.38. The molecule has 2 fully saturated rings. The van der Waals surface area contributed by atoms with Crippen LogP contribution in [0, 0.1) is 16.0 Å². The molecule has 0 amide bonds. The second-order valence-electron chi connectivity index (χ2n) is 9.58. The molecule has 10 heteroatoms. The monoisotopic (exact) mass is 420 g/mol. The second-order valence-corrected chi connectivity index (χ2v) is 9.58. The molecule has 0 saturated carbocycles. The van der Waals surface area contributed by atoms with Gasteiger partial charge in [0.15, 0.2) is 0 Å². The molecule has 1 aromatic heterocycles. The van der Waals surface area contributed by atoms with Gasteiger partial charge >= 0.3 is 11.7 Å². The molecule has 2 aliphatic rings. The van der Waals surface area contributed by atoms with Gasteiger partial charge in [-0.2, -0.15) is 0 Å². The molecular weight excluding hydrogens is 388 g/mol. The van der Waals surface area contributed by atoms with Gasteiger partial charge in [-0.15, -0.1) is 0 Å². The summed E-state index contributed by atoms with van der Waals surface area (Å²) in [6, 6.07) is 0.0442. The highest BCUT2D eigenvalue weighted by Crippen LogP contribution is 2.37. The minimum Gasteiger partial charge on any atom is -0.469 e. The van der Waals surface area contributed by atoms with Crippen molar-refractivity contribution >= 4 is 23.3 Å². The zero-order valence-corrected chi connectivity index (χ0v) is 18.4. The van der Waals surface area contributed by atoms with Gasteiger partial charge in [0, 0.05) is 30.2 Å². The lowest BCUT2D eigenvalue weighted by molar-refractivity contribution is -0.383. The van der Waals surface area contributed by atoms with Gasteiger partial charge in [0.2, 0.25) is 11.6 Å². The number of nitro groups is 1. The summed E-state index contributed by atoms with van der Waals surface area (Å²) in [5, 5.41) is 18.9. The molecular formula is C20H32N6O4. The normalized spacial score (nSPS) is 21.8. The summed E-state index contributed by atoms with van der Waals surface area (Å²) in [4.78, 5) is 33.6. The Morgan fingerprint density at radius 3 is 2.37 bits per heavy atom. The van der Waals surface area contributed by atoms with Crippen molar-refractivity contribution < 1.29 is 14.5 Å². The van der Waals surface area contributed by atoms with Crippen LogP contribution in [0.4, 0.5) is 17.3 Å². The zero-order valence-electron chi connectivity index (χ0n) is 18.4. The van der Waals surface area contributed by atoms with E-state index in [9.17, 15) is 14.9 Å². The maximum absolute atomic E-state index is 12.0. The van der Waals surface area contributed by atoms with E-state index in [2.05, 4.69) is 48.3 Å². The molecule has 2 saturated heterocycles. The van der Waals surface area contributed by atoms with E-state index in [-0.39, 0.29) is 40.5 Å². The molecule has 0 radical (unpaired) electrons. The van der Waals surface area contributed by atoms with Crippen molar-refractivity contribution in [3.05, 3.63) is 16.4 Å². The lowest BCUT2D eigenvalue weighted by Gasteiger charge is -2.46. The summed E-state index contributed by atoms with van der Waals surface area (Å²) in [6.07, 6.45) is 4.16. The number of nitrogens with one attached hydrogen (secondary N) is 2. The number of ether oxygens (including phenoxy) is 1. The predicted octanol–water partition coefficient (Wildman–Crippen LogP) is 2.50. The Morgan fingerprint density at radius 2 is 1.83 bits per heavy atom. The first-order chi connectivity index (χ1) is 14.0. The molecule has 0 unspecified atom stereocenters. The van der Waals surface area contributed by atoms with Gasteiger partial charge in [0.1, 0.15) is 6.33 Å². The van der Waals surface area contributed by atoms with Crippen molar-refractivity contribution in [2.24, 2.45) is 5.92 Å². The molecule has 0 spiro atoms. The number of methoxy groups -OCH3 is 1. The van der Waals surface area contributed by atoms with Gasteiger partial charge in [-0.25, -0.2) is 9.97 Å². The van der Waals surface area contributed by atoms with Gasteiger partial charge in [-0.1, -0.05) is 0 Å². The average Bonchev–Trinajstić information content (AvgIpc) is 2.64. The number of nitrogens with zero attached hydrogens (tertiary/aromatic N) is 4. The molecule has 30 heavy (non-hydrogen) atoms. The first-order valence-electron chi connectivity index (χ1n) is 10.4. The number of carbonyl (C=O) groups is 1. The molecule has 0 atom stereocenters. The summed E-state index contributed by atoms with van der Waals surface area (Å²) in [5.41, 5.74) is -0.303. The van der Waals surface area contributed by atoms with Crippen LogP contribution in [-0.2, 0) is 9.53 Å². The number of hydrogen-bond acceptors (Lipinski definition) is 9. The molecule has 1 aromatic rings. The van der Waals surface area contributed by atoms with Crippen molar-refractivity contribution in [2.45, 2.75) is 70.5 Å². The summed E-state index contributed by atoms with van der Waals surface area (Å²) in [6.45, 7) is 9.54. The lowest BCUT2D eigenvalue weighted by atomic mass is 9.79. The van der Waals surface area contributed by atoms with E-state index in [0.29, 0.717) is 31.7 Å². The predicted molar refractivity (Wildman–Crippen MR) is 114 cm³/mol. The van der Waals surface area contributed by atoms with Crippen molar-refractivity contribution in [1.29, 1.82) is 0 Å². The Labute approximate surface area is 176 Å². The minimum atomic E-state index is -0.415. The van der Waals surface area contributed by atoms with Gasteiger partial charge in [0.25, 0.3) is 0 Å². The average molecular weight is 421 g/mol. The Kier molecular flexibility index (Phi) is 6.16. The fraction of sp³-hybridized carbons (Fsp3) is 0.750. The van der Waals surface area contributed by atoms with E-state index in [1.165, 1.54) is 13.4 Å². The van der Waals surface area contributed by atoms with Gasteiger partial charge < -0.3 is 20.3 Å². The van der Waals surface area contributed by atoms with Crippen molar-refractivity contribution in [2.75, 3.05) is 30.4 Å². The molecule has 10 nitrogen and oxygen atoms in total. The van der Waals surface area contributed by atoms with Gasteiger partial charge in [-0.05, 0) is 53.4 Å². The van der Waals surface area contributed by atoms with E-state index in [1.807, 2.05) is 4.90 Å². The van der Waals surface area contributed by atoms with E-state index in [0.717, 1.165) is 12.8 Å². The third-order valence-corrected chi connectivity index (χ3v) is 5.85. The standard InChI is InChI=1S/C20H32N6O4/c1-19(2)10-14(11-20(3,4)24-19)23-16-15(26(28)29)17(22-12-21-16)25-8-6-13(7-9-25)18(27)30-5/h12-14,24H,6-11H2,1-5H3,(H,21,22,23). The van der Waals surface area contributed by atoms with Gasteiger partial charge in [-0.3, -0.25) is 14.9 Å². The lowest BCUT2D eigenvalue weighted by Crippen LogP contribution is -2.60. The zero-order chi connectivity index (χ0) is 22.1. The molecule has 166 valence electrons. The molecule has 0 aromatic carbocycles. The second kappa shape index (κ2) is 8.33. The Bertz CT molecular complexity index is 788. The number of anilines is 2. The maximum Gasteiger partial charge on any atom is 0.353 e. The first-order valence-corrected chi connectivity index (χ1v) is 10.4. The highest BCUT2D eigenvalue weighted by Gasteiger charge is 2.39. The van der Waals surface area contributed by atoms with Crippen LogP contribution in [0.3, 0.4) is 0 Å². The Morgan fingerprint density at radius 1 is 1.23 bits per heavy atom. The molecule has 3 rings (SSSR count). The van der Waals surface area contributed by atoms with Crippen LogP contribution in [0.2, 0.25) is 0 Å². The van der Waals surface area contributed by atoms with Crippen LogP contribution in [0.15, 0.2) is 6.33 Å². The molecule has 0 aliphatic carbocycles. The Balaban J connectivity index is 1.82. The fourth-order valence-corrected chi connectivity index (χ4v) is 4.99. The Hall–Kier alpha value is -2.49. The number of carbonyl (C=O) groups excluding carboxylic acids is 1. The third-order valence-electron chi connectivity index (χ3n) is 5.85. The highest BCUT2D eigenvalue weighted by molar-refractivity contribution is 5.74. The molecule has 2 aliphatic heterocycles. The number of rotatable bonds is 5. The topological polar surface area (TPSA) is 123 Å². The summed E-state index contributed by atoms with van der Waals surface area (Å²) in [5.74, 6) is 0.140. The van der Waals surface area contributed by atoms with E-state index < -0.39 is 4.92 Å². The fourth-order valence-electron chi connectivity index (χ4n) is 4.99. The quantitative estimate of drug-likeness (QED) is 0.420. The summed E-state index contributed by atoms with van der Waals surface area (Å²) < 4.78 is 4.82. The van der Waals surface area contributed by atoms with Crippen LogP contribution in [0.5, 0.6) is 0 Å². The van der Waals surface area contributed by atoms with E-state index in [4.69, 9.17) is 4.74 Å². The maximum atomic E-state index is 12.0. The van der Waals surface area contributed by atoms with Crippen LogP contribution in [0.25, 0.3) is 0 Å². The summed E-state index contributed by atoms with van der Waals surface area (Å²) >= 11 is 0. The molecule has 2 N–H and O–H groups in total. The number of hydrogen-bond donors (Lipinski definition) is 2. The number of piperidine rings is 2. The SMILES string of the molecule is COC(=O)C1CCN(c2ncnc(NC3CC(C)(C)NC(C)(C)C3)c2[N+](=O)[O-])CC1. The largest absolute Gasteiger partial charge is 0.469 e. The highest BCUT2D eigenvalue weighted by atomic mass is 16.6. The van der Waals surface area contributed by atoms with Crippen molar-refractivity contribution in [3.63, 3.8) is 0 Å². The van der Waals surface area contributed by atoms with Crippen molar-refractivity contribution in [3.8, 4) is 0 Å². The third kappa shape index (κ3) is 4.97. The number of esters is 1. The smallest absolute Gasteiger partial charge is 0.353 e. The van der Waals surface area contributed by atoms with Crippen LogP contribution in [0.1, 0.15) is 53.4 Å². The molecule has 0 bridgehead atoms. The van der Waals surface area contributed by atoms with Crippen molar-refractivity contribution in [1.82, 2.24) is 15.3 Å². The van der Waals surface area contributed by atoms with Crippen LogP contribution in [-0.4, -0.2) is 58.2 Å².